The average molecular weight is 368 g/mol. The lowest BCUT2D eigenvalue weighted by atomic mass is 9.95. The van der Waals surface area contributed by atoms with E-state index in [0.29, 0.717) is 23.3 Å². The number of methoxy groups -OCH3 is 1. The number of nitrogens with zero attached hydrogens (tertiary/aromatic N) is 4. The second-order valence-corrected chi connectivity index (χ2v) is 7.70. The Balaban J connectivity index is 1.61. The van der Waals surface area contributed by atoms with Crippen molar-refractivity contribution in [3.63, 3.8) is 0 Å². The van der Waals surface area contributed by atoms with E-state index in [1.54, 1.807) is 13.2 Å². The first-order valence-corrected chi connectivity index (χ1v) is 9.76. The number of piperidine rings is 1. The smallest absolute Gasteiger partial charge is 0.165 e. The van der Waals surface area contributed by atoms with Crippen LogP contribution in [0.3, 0.4) is 0 Å². The van der Waals surface area contributed by atoms with Gasteiger partial charge in [0.2, 0.25) is 0 Å². The highest BCUT2D eigenvalue weighted by atomic mass is 16.5. The first-order chi connectivity index (χ1) is 13.1. The molecule has 0 radical (unpaired) electrons. The Morgan fingerprint density at radius 3 is 2.81 bits per heavy atom. The fourth-order valence-corrected chi connectivity index (χ4v) is 4.35. The summed E-state index contributed by atoms with van der Waals surface area (Å²) in [6, 6.07) is 9.88. The fraction of sp³-hybridized carbons (Fsp3) is 0.524. The number of para-hydroxylation sites is 1. The number of rotatable bonds is 5. The maximum atomic E-state index is 10.2. The van der Waals surface area contributed by atoms with Gasteiger partial charge in [0.25, 0.3) is 0 Å². The molecule has 5 rings (SSSR count). The molecule has 1 aromatic heterocycles. The van der Waals surface area contributed by atoms with Gasteiger partial charge in [0.15, 0.2) is 5.82 Å². The number of anilines is 1. The Kier molecular flexibility index (Phi) is 5.27. The summed E-state index contributed by atoms with van der Waals surface area (Å²) in [6.45, 7) is 6.92. The molecule has 4 heterocycles. The number of phenols is 1. The predicted octanol–water partition coefficient (Wildman–Crippen LogP) is 2.70. The summed E-state index contributed by atoms with van der Waals surface area (Å²) in [7, 11) is 1.77. The summed E-state index contributed by atoms with van der Waals surface area (Å²) in [5.74, 6) is 2.43. The molecule has 0 aliphatic carbocycles. The number of aromatic nitrogens is 2. The van der Waals surface area contributed by atoms with Gasteiger partial charge in [-0.25, -0.2) is 9.97 Å². The molecule has 3 aliphatic heterocycles. The molecule has 2 atom stereocenters. The zero-order chi connectivity index (χ0) is 18.8. The van der Waals surface area contributed by atoms with Crippen LogP contribution in [0.4, 0.5) is 5.82 Å². The summed E-state index contributed by atoms with van der Waals surface area (Å²) in [5, 5.41) is 10.2. The molecular weight excluding hydrogens is 340 g/mol. The minimum atomic E-state index is 0.218. The SMILES string of the molecule is COCCN1C[C@H]2CC[C@@H]1CN(c1cc(C)nc(-c3ccccc3O)n1)C2. The molecule has 27 heavy (non-hydrogen) atoms. The maximum Gasteiger partial charge on any atom is 0.165 e. The number of aryl methyl sites for hydroxylation is 1. The monoisotopic (exact) mass is 368 g/mol. The van der Waals surface area contributed by atoms with Crippen LogP contribution in [-0.2, 0) is 4.74 Å². The van der Waals surface area contributed by atoms with Crippen molar-refractivity contribution in [2.45, 2.75) is 25.8 Å². The molecule has 3 saturated heterocycles. The van der Waals surface area contributed by atoms with Crippen molar-refractivity contribution in [2.75, 3.05) is 44.8 Å². The van der Waals surface area contributed by atoms with E-state index in [-0.39, 0.29) is 5.75 Å². The first-order valence-electron chi connectivity index (χ1n) is 9.76. The number of benzene rings is 1. The molecule has 1 N–H and O–H groups in total. The van der Waals surface area contributed by atoms with Crippen LogP contribution < -0.4 is 4.90 Å². The highest BCUT2D eigenvalue weighted by molar-refractivity contribution is 5.65. The van der Waals surface area contributed by atoms with Crippen LogP contribution in [0.1, 0.15) is 18.5 Å². The van der Waals surface area contributed by atoms with Gasteiger partial charge >= 0.3 is 0 Å². The lowest BCUT2D eigenvalue weighted by molar-refractivity contribution is 0.0889. The van der Waals surface area contributed by atoms with Crippen molar-refractivity contribution in [1.29, 1.82) is 0 Å². The molecule has 3 aliphatic rings. The number of aromatic hydroxyl groups is 1. The summed E-state index contributed by atoms with van der Waals surface area (Å²) < 4.78 is 5.30. The van der Waals surface area contributed by atoms with E-state index in [1.807, 2.05) is 25.1 Å². The molecule has 1 aromatic carbocycles. The molecule has 0 amide bonds. The molecule has 6 heteroatoms. The van der Waals surface area contributed by atoms with Crippen LogP contribution in [0, 0.1) is 12.8 Å². The summed E-state index contributed by atoms with van der Waals surface area (Å²) in [5.41, 5.74) is 1.60. The van der Waals surface area contributed by atoms with E-state index in [2.05, 4.69) is 20.9 Å². The molecule has 0 saturated carbocycles. The van der Waals surface area contributed by atoms with Crippen molar-refractivity contribution < 1.29 is 9.84 Å². The van der Waals surface area contributed by atoms with E-state index in [1.165, 1.54) is 12.8 Å². The van der Waals surface area contributed by atoms with Crippen molar-refractivity contribution in [3.05, 3.63) is 36.0 Å². The number of hydrogen-bond donors (Lipinski definition) is 1. The van der Waals surface area contributed by atoms with Crippen LogP contribution in [-0.4, -0.2) is 65.9 Å². The Labute approximate surface area is 160 Å². The van der Waals surface area contributed by atoms with Crippen molar-refractivity contribution >= 4 is 5.82 Å². The standard InChI is InChI=1S/C21H28N4O2/c1-15-11-20(23-21(22-15)18-5-3-4-6-19(18)26)25-13-16-7-8-17(14-25)24(12-16)9-10-27-2/h3-6,11,16-17,26H,7-10,12-14H2,1-2H3/t16-,17-/m1/s1. The normalized spacial score (nSPS) is 22.8. The minimum Gasteiger partial charge on any atom is -0.507 e. The highest BCUT2D eigenvalue weighted by Crippen LogP contribution is 2.32. The number of ether oxygens (including phenoxy) is 1. The Bertz CT molecular complexity index is 798. The zero-order valence-corrected chi connectivity index (χ0v) is 16.1. The Hall–Kier alpha value is -2.18. The van der Waals surface area contributed by atoms with Gasteiger partial charge in [0, 0.05) is 51.1 Å². The number of phenolic OH excluding ortho intramolecular Hbond substituents is 1. The predicted molar refractivity (Wildman–Crippen MR) is 106 cm³/mol. The van der Waals surface area contributed by atoms with Crippen LogP contribution in [0.25, 0.3) is 11.4 Å². The minimum absolute atomic E-state index is 0.218. The van der Waals surface area contributed by atoms with E-state index in [4.69, 9.17) is 9.72 Å². The maximum absolute atomic E-state index is 10.2. The van der Waals surface area contributed by atoms with Crippen molar-refractivity contribution in [2.24, 2.45) is 5.92 Å². The third-order valence-electron chi connectivity index (χ3n) is 5.72. The largest absolute Gasteiger partial charge is 0.507 e. The Morgan fingerprint density at radius 2 is 2.00 bits per heavy atom. The molecule has 2 aromatic rings. The second kappa shape index (κ2) is 7.82. The summed E-state index contributed by atoms with van der Waals surface area (Å²) in [4.78, 5) is 14.4. The van der Waals surface area contributed by atoms with Gasteiger partial charge in [0.05, 0.1) is 12.2 Å². The van der Waals surface area contributed by atoms with Crippen LogP contribution in [0.2, 0.25) is 0 Å². The molecule has 0 unspecified atom stereocenters. The van der Waals surface area contributed by atoms with E-state index < -0.39 is 0 Å². The van der Waals surface area contributed by atoms with Gasteiger partial charge in [0.1, 0.15) is 11.6 Å². The second-order valence-electron chi connectivity index (χ2n) is 7.70. The molecule has 6 nitrogen and oxygen atoms in total. The average Bonchev–Trinajstić information content (AvgIpc) is 2.98. The highest BCUT2D eigenvalue weighted by Gasteiger charge is 2.35. The topological polar surface area (TPSA) is 61.7 Å². The molecular formula is C21H28N4O2. The van der Waals surface area contributed by atoms with Crippen LogP contribution in [0.5, 0.6) is 5.75 Å². The summed E-state index contributed by atoms with van der Waals surface area (Å²) in [6.07, 6.45) is 2.52. The van der Waals surface area contributed by atoms with Gasteiger partial charge in [-0.2, -0.15) is 0 Å². The van der Waals surface area contributed by atoms with Gasteiger partial charge in [-0.05, 0) is 37.8 Å². The lowest BCUT2D eigenvalue weighted by Crippen LogP contribution is -2.45. The van der Waals surface area contributed by atoms with Crippen LogP contribution in [0.15, 0.2) is 30.3 Å². The number of fused-ring (bicyclic) bond motifs is 4. The molecule has 3 fully saturated rings. The lowest BCUT2D eigenvalue weighted by Gasteiger charge is -2.35. The quantitative estimate of drug-likeness (QED) is 0.876. The molecule has 144 valence electrons. The van der Waals surface area contributed by atoms with Crippen molar-refractivity contribution in [1.82, 2.24) is 14.9 Å². The van der Waals surface area contributed by atoms with Gasteiger partial charge in [-0.3, -0.25) is 4.90 Å². The van der Waals surface area contributed by atoms with Gasteiger partial charge < -0.3 is 14.7 Å². The molecule has 0 spiro atoms. The van der Waals surface area contributed by atoms with E-state index in [0.717, 1.165) is 44.3 Å². The molecule has 2 bridgehead atoms. The zero-order valence-electron chi connectivity index (χ0n) is 16.1. The third kappa shape index (κ3) is 3.92. The Morgan fingerprint density at radius 1 is 1.15 bits per heavy atom. The van der Waals surface area contributed by atoms with Gasteiger partial charge in [-0.1, -0.05) is 12.1 Å². The third-order valence-corrected chi connectivity index (χ3v) is 5.72. The summed E-state index contributed by atoms with van der Waals surface area (Å²) >= 11 is 0. The first kappa shape index (κ1) is 18.2. The number of hydrogen-bond acceptors (Lipinski definition) is 6. The van der Waals surface area contributed by atoms with Gasteiger partial charge in [-0.15, -0.1) is 0 Å². The van der Waals surface area contributed by atoms with E-state index in [9.17, 15) is 5.11 Å². The van der Waals surface area contributed by atoms with E-state index >= 15 is 0 Å². The fourth-order valence-electron chi connectivity index (χ4n) is 4.35. The van der Waals surface area contributed by atoms with Crippen molar-refractivity contribution in [3.8, 4) is 17.1 Å². The van der Waals surface area contributed by atoms with Crippen LogP contribution >= 0.6 is 0 Å².